The Morgan fingerprint density at radius 3 is 2.88 bits per heavy atom. The van der Waals surface area contributed by atoms with Crippen molar-refractivity contribution in [1.82, 2.24) is 10.6 Å². The first-order valence-electron chi connectivity index (χ1n) is 8.66. The number of rotatable bonds is 7. The van der Waals surface area contributed by atoms with E-state index in [2.05, 4.69) is 15.6 Å². The van der Waals surface area contributed by atoms with Crippen LogP contribution in [0.4, 0.5) is 4.39 Å². The van der Waals surface area contributed by atoms with Gasteiger partial charge in [0.25, 0.3) is 0 Å². The number of guanidine groups is 1. The summed E-state index contributed by atoms with van der Waals surface area (Å²) < 4.78 is 24.0. The standard InChI is InChI=1S/C19H24FN3O2.HI/c20-17-4-1-3-15(11-17)12-22-19(23-13-16-7-10-24-14-16)21-8-6-18-5-2-9-25-18;/h1-5,9,11,16H,6-8,10,12-14H2,(H2,21,22,23);1H. The molecule has 5 nitrogen and oxygen atoms in total. The number of furan rings is 1. The normalized spacial score (nSPS) is 17.0. The number of nitrogens with zero attached hydrogens (tertiary/aromatic N) is 1. The molecule has 0 bridgehead atoms. The van der Waals surface area contributed by atoms with E-state index in [1.54, 1.807) is 12.3 Å². The smallest absolute Gasteiger partial charge is 0.191 e. The molecule has 2 heterocycles. The van der Waals surface area contributed by atoms with Gasteiger partial charge in [0.05, 0.1) is 19.4 Å². The predicted molar refractivity (Wildman–Crippen MR) is 110 cm³/mol. The second-order valence-electron chi connectivity index (χ2n) is 6.16. The van der Waals surface area contributed by atoms with Gasteiger partial charge in [0.2, 0.25) is 0 Å². The van der Waals surface area contributed by atoms with E-state index >= 15 is 0 Å². The van der Waals surface area contributed by atoms with Crippen molar-refractivity contribution in [3.8, 4) is 0 Å². The van der Waals surface area contributed by atoms with Crippen molar-refractivity contribution in [1.29, 1.82) is 0 Å². The topological polar surface area (TPSA) is 58.8 Å². The van der Waals surface area contributed by atoms with Crippen LogP contribution in [0.5, 0.6) is 0 Å². The third-order valence-electron chi connectivity index (χ3n) is 4.13. The van der Waals surface area contributed by atoms with E-state index in [0.717, 1.165) is 49.9 Å². The fraction of sp³-hybridized carbons (Fsp3) is 0.421. The zero-order valence-corrected chi connectivity index (χ0v) is 16.9. The van der Waals surface area contributed by atoms with Crippen LogP contribution >= 0.6 is 24.0 Å². The van der Waals surface area contributed by atoms with Crippen LogP contribution in [0.3, 0.4) is 0 Å². The van der Waals surface area contributed by atoms with Gasteiger partial charge in [-0.15, -0.1) is 24.0 Å². The number of hydrogen-bond donors (Lipinski definition) is 2. The Bertz CT molecular complexity index is 673. The molecule has 2 N–H and O–H groups in total. The fourth-order valence-corrected chi connectivity index (χ4v) is 2.72. The number of nitrogens with one attached hydrogen (secondary N) is 2. The second-order valence-corrected chi connectivity index (χ2v) is 6.16. The average molecular weight is 473 g/mol. The molecule has 1 unspecified atom stereocenters. The van der Waals surface area contributed by atoms with Crippen molar-refractivity contribution in [3.63, 3.8) is 0 Å². The molecule has 3 rings (SSSR count). The molecule has 1 aliphatic rings. The third kappa shape index (κ3) is 6.95. The molecule has 1 aliphatic heterocycles. The highest BCUT2D eigenvalue weighted by molar-refractivity contribution is 14.0. The van der Waals surface area contributed by atoms with Crippen LogP contribution in [-0.2, 0) is 17.7 Å². The SMILES string of the molecule is Fc1cccc(CN=C(NCCc2ccco2)NCC2CCOC2)c1.I. The van der Waals surface area contributed by atoms with Gasteiger partial charge in [0.1, 0.15) is 11.6 Å². The van der Waals surface area contributed by atoms with Crippen LogP contribution in [-0.4, -0.2) is 32.3 Å². The quantitative estimate of drug-likeness (QED) is 0.368. The lowest BCUT2D eigenvalue weighted by Crippen LogP contribution is -2.40. The second kappa shape index (κ2) is 11.2. The molecule has 0 aliphatic carbocycles. The van der Waals surface area contributed by atoms with Gasteiger partial charge >= 0.3 is 0 Å². The Morgan fingerprint density at radius 1 is 1.23 bits per heavy atom. The molecule has 1 aromatic heterocycles. The van der Waals surface area contributed by atoms with Crippen molar-refractivity contribution >= 4 is 29.9 Å². The molecule has 1 fully saturated rings. The lowest BCUT2D eigenvalue weighted by Gasteiger charge is -2.15. The first-order chi connectivity index (χ1) is 12.3. The van der Waals surface area contributed by atoms with Crippen LogP contribution in [0.1, 0.15) is 17.7 Å². The molecule has 0 saturated carbocycles. The third-order valence-corrected chi connectivity index (χ3v) is 4.13. The van der Waals surface area contributed by atoms with E-state index in [0.29, 0.717) is 19.0 Å². The van der Waals surface area contributed by atoms with E-state index in [1.165, 1.54) is 12.1 Å². The summed E-state index contributed by atoms with van der Waals surface area (Å²) in [6, 6.07) is 10.4. The van der Waals surface area contributed by atoms with Crippen molar-refractivity contribution in [2.45, 2.75) is 19.4 Å². The summed E-state index contributed by atoms with van der Waals surface area (Å²) in [5.41, 5.74) is 0.844. The van der Waals surface area contributed by atoms with E-state index in [4.69, 9.17) is 9.15 Å². The summed E-state index contributed by atoms with van der Waals surface area (Å²) in [7, 11) is 0. The highest BCUT2D eigenvalue weighted by Gasteiger charge is 2.15. The molecule has 26 heavy (non-hydrogen) atoms. The molecular weight excluding hydrogens is 448 g/mol. The molecule has 0 amide bonds. The number of aliphatic imine (C=N–C) groups is 1. The Morgan fingerprint density at radius 2 is 2.15 bits per heavy atom. The van der Waals surface area contributed by atoms with Crippen LogP contribution in [0.2, 0.25) is 0 Å². The maximum atomic E-state index is 13.3. The Kier molecular flexibility index (Phi) is 8.90. The largest absolute Gasteiger partial charge is 0.469 e. The van der Waals surface area contributed by atoms with Gasteiger partial charge in [-0.05, 0) is 36.2 Å². The number of hydrogen-bond acceptors (Lipinski definition) is 3. The molecule has 142 valence electrons. The van der Waals surface area contributed by atoms with Gasteiger partial charge in [-0.2, -0.15) is 0 Å². The summed E-state index contributed by atoms with van der Waals surface area (Å²) in [6.07, 6.45) is 3.52. The lowest BCUT2D eigenvalue weighted by molar-refractivity contribution is 0.186. The van der Waals surface area contributed by atoms with E-state index in [9.17, 15) is 4.39 Å². The Hall–Kier alpha value is -1.61. The lowest BCUT2D eigenvalue weighted by atomic mass is 10.1. The summed E-state index contributed by atoms with van der Waals surface area (Å²) >= 11 is 0. The van der Waals surface area contributed by atoms with Gasteiger partial charge in [-0.1, -0.05) is 12.1 Å². The first kappa shape index (κ1) is 20.7. The molecule has 1 aromatic carbocycles. The summed E-state index contributed by atoms with van der Waals surface area (Å²) in [5, 5.41) is 6.67. The van der Waals surface area contributed by atoms with E-state index < -0.39 is 0 Å². The van der Waals surface area contributed by atoms with Gasteiger partial charge in [-0.3, -0.25) is 0 Å². The molecule has 0 radical (unpaired) electrons. The monoisotopic (exact) mass is 473 g/mol. The number of halogens is 2. The van der Waals surface area contributed by atoms with Gasteiger partial charge in [0, 0.05) is 32.0 Å². The van der Waals surface area contributed by atoms with Crippen molar-refractivity contribution in [3.05, 3.63) is 59.8 Å². The van der Waals surface area contributed by atoms with Crippen molar-refractivity contribution < 1.29 is 13.5 Å². The molecule has 7 heteroatoms. The molecule has 1 atom stereocenters. The molecular formula is C19H25FIN3O2. The number of ether oxygens (including phenoxy) is 1. The van der Waals surface area contributed by atoms with Crippen molar-refractivity contribution in [2.75, 3.05) is 26.3 Å². The van der Waals surface area contributed by atoms with Gasteiger partial charge in [0.15, 0.2) is 5.96 Å². The summed E-state index contributed by atoms with van der Waals surface area (Å²) in [4.78, 5) is 4.57. The highest BCUT2D eigenvalue weighted by atomic mass is 127. The minimum Gasteiger partial charge on any atom is -0.469 e. The Balaban J connectivity index is 0.00000243. The fourth-order valence-electron chi connectivity index (χ4n) is 2.72. The zero-order valence-electron chi connectivity index (χ0n) is 14.6. The van der Waals surface area contributed by atoms with Crippen LogP contribution in [0, 0.1) is 11.7 Å². The average Bonchev–Trinajstić information content (AvgIpc) is 3.30. The highest BCUT2D eigenvalue weighted by Crippen LogP contribution is 2.10. The van der Waals surface area contributed by atoms with Gasteiger partial charge < -0.3 is 19.8 Å². The maximum Gasteiger partial charge on any atom is 0.191 e. The van der Waals surface area contributed by atoms with Crippen LogP contribution in [0.15, 0.2) is 52.1 Å². The summed E-state index contributed by atoms with van der Waals surface area (Å²) in [6.45, 7) is 3.57. The minimum atomic E-state index is -0.240. The Labute approximate surface area is 170 Å². The molecule has 0 spiro atoms. The summed E-state index contributed by atoms with van der Waals surface area (Å²) in [5.74, 6) is 1.92. The maximum absolute atomic E-state index is 13.3. The van der Waals surface area contributed by atoms with E-state index in [-0.39, 0.29) is 29.8 Å². The van der Waals surface area contributed by atoms with Gasteiger partial charge in [-0.25, -0.2) is 9.38 Å². The van der Waals surface area contributed by atoms with Crippen LogP contribution < -0.4 is 10.6 Å². The number of benzene rings is 1. The van der Waals surface area contributed by atoms with Crippen LogP contribution in [0.25, 0.3) is 0 Å². The molecule has 2 aromatic rings. The van der Waals surface area contributed by atoms with E-state index in [1.807, 2.05) is 18.2 Å². The van der Waals surface area contributed by atoms with Crippen molar-refractivity contribution in [2.24, 2.45) is 10.9 Å². The zero-order chi connectivity index (χ0) is 17.3. The first-order valence-corrected chi connectivity index (χ1v) is 8.66. The minimum absolute atomic E-state index is 0. The molecule has 1 saturated heterocycles. The predicted octanol–water partition coefficient (Wildman–Crippen LogP) is 3.35.